The fourth-order valence-corrected chi connectivity index (χ4v) is 3.02. The lowest BCUT2D eigenvalue weighted by Gasteiger charge is -2.32. The lowest BCUT2D eigenvalue weighted by atomic mass is 10.1. The molecule has 0 radical (unpaired) electrons. The van der Waals surface area contributed by atoms with E-state index in [-0.39, 0.29) is 17.9 Å². The first-order chi connectivity index (χ1) is 9.38. The second-order valence-corrected chi connectivity index (χ2v) is 6.82. The first-order valence-corrected chi connectivity index (χ1v) is 8.18. The molecule has 7 heteroatoms. The number of carbonyl (C=O) groups is 1. The van der Waals surface area contributed by atoms with Gasteiger partial charge < -0.3 is 0 Å². The predicted molar refractivity (Wildman–Crippen MR) is 73.6 cm³/mol. The molecular weight excluding hydrogens is 283 g/mol. The largest absolute Gasteiger partial charge is 0.293 e. The molecule has 0 spiro atoms. The van der Waals surface area contributed by atoms with E-state index in [1.807, 2.05) is 4.90 Å². The van der Waals surface area contributed by atoms with Gasteiger partial charge in [0.15, 0.2) is 5.78 Å². The van der Waals surface area contributed by atoms with E-state index < -0.39 is 15.8 Å². The lowest BCUT2D eigenvalue weighted by Crippen LogP contribution is -2.49. The fraction of sp³-hybridized carbons (Fsp3) is 0.462. The molecule has 0 amide bonds. The Kier molecular flexibility index (Phi) is 4.52. The Morgan fingerprint density at radius 2 is 1.80 bits per heavy atom. The Hall–Kier alpha value is -1.31. The maximum atomic E-state index is 13.5. The van der Waals surface area contributed by atoms with Crippen molar-refractivity contribution < 1.29 is 17.6 Å². The van der Waals surface area contributed by atoms with Gasteiger partial charge in [0.1, 0.15) is 5.82 Å². The van der Waals surface area contributed by atoms with E-state index in [2.05, 4.69) is 0 Å². The van der Waals surface area contributed by atoms with Crippen molar-refractivity contribution in [1.82, 2.24) is 9.21 Å². The summed E-state index contributed by atoms with van der Waals surface area (Å²) in [6.07, 6.45) is 1.17. The number of halogens is 1. The van der Waals surface area contributed by atoms with Crippen LogP contribution >= 0.6 is 0 Å². The highest BCUT2D eigenvalue weighted by molar-refractivity contribution is 7.88. The summed E-state index contributed by atoms with van der Waals surface area (Å²) in [4.78, 5) is 13.8. The van der Waals surface area contributed by atoms with E-state index >= 15 is 0 Å². The van der Waals surface area contributed by atoms with Gasteiger partial charge in [-0.1, -0.05) is 12.1 Å². The average molecular weight is 300 g/mol. The summed E-state index contributed by atoms with van der Waals surface area (Å²) in [6.45, 7) is 1.80. The van der Waals surface area contributed by atoms with Crippen LogP contribution in [0, 0.1) is 5.82 Å². The monoisotopic (exact) mass is 300 g/mol. The molecule has 0 aromatic heterocycles. The minimum atomic E-state index is -3.17. The smallest absolute Gasteiger partial charge is 0.211 e. The molecule has 0 aliphatic carbocycles. The third-order valence-electron chi connectivity index (χ3n) is 3.34. The molecule has 1 aliphatic heterocycles. The van der Waals surface area contributed by atoms with Gasteiger partial charge >= 0.3 is 0 Å². The number of Topliss-reactive ketones (excluding diaryl/α,β-unsaturated/α-hetero) is 1. The Morgan fingerprint density at radius 1 is 1.20 bits per heavy atom. The molecule has 110 valence electrons. The predicted octanol–water partition coefficient (Wildman–Crippen LogP) is 0.586. The number of piperazine rings is 1. The topological polar surface area (TPSA) is 57.7 Å². The highest BCUT2D eigenvalue weighted by Gasteiger charge is 2.25. The van der Waals surface area contributed by atoms with E-state index in [0.29, 0.717) is 26.2 Å². The van der Waals surface area contributed by atoms with Crippen LogP contribution in [0.5, 0.6) is 0 Å². The molecule has 0 saturated carbocycles. The van der Waals surface area contributed by atoms with Crippen molar-refractivity contribution in [2.45, 2.75) is 0 Å². The summed E-state index contributed by atoms with van der Waals surface area (Å²) in [5.41, 5.74) is 0.0815. The molecule has 20 heavy (non-hydrogen) atoms. The molecule has 1 aliphatic rings. The number of sulfonamides is 1. The number of nitrogens with zero attached hydrogens (tertiary/aromatic N) is 2. The van der Waals surface area contributed by atoms with Crippen molar-refractivity contribution in [2.24, 2.45) is 0 Å². The molecule has 1 fully saturated rings. The van der Waals surface area contributed by atoms with Crippen LogP contribution in [-0.4, -0.2) is 62.4 Å². The van der Waals surface area contributed by atoms with Crippen molar-refractivity contribution in [2.75, 3.05) is 39.0 Å². The number of rotatable bonds is 4. The molecule has 5 nitrogen and oxygen atoms in total. The minimum Gasteiger partial charge on any atom is -0.293 e. The number of ketones is 1. The first-order valence-electron chi connectivity index (χ1n) is 6.33. The molecule has 0 unspecified atom stereocenters. The van der Waals surface area contributed by atoms with Gasteiger partial charge in [-0.15, -0.1) is 0 Å². The summed E-state index contributed by atoms with van der Waals surface area (Å²) < 4.78 is 37.6. The zero-order valence-corrected chi connectivity index (χ0v) is 12.1. The maximum absolute atomic E-state index is 13.5. The van der Waals surface area contributed by atoms with Gasteiger partial charge in [-0.05, 0) is 12.1 Å². The quantitative estimate of drug-likeness (QED) is 0.764. The van der Waals surface area contributed by atoms with Gasteiger partial charge in [-0.25, -0.2) is 12.8 Å². The summed E-state index contributed by atoms with van der Waals surface area (Å²) in [5, 5.41) is 0. The molecule has 0 bridgehead atoms. The number of hydrogen-bond acceptors (Lipinski definition) is 4. The third kappa shape index (κ3) is 3.62. The van der Waals surface area contributed by atoms with E-state index in [9.17, 15) is 17.6 Å². The maximum Gasteiger partial charge on any atom is 0.211 e. The Labute approximate surface area is 118 Å². The van der Waals surface area contributed by atoms with Gasteiger partial charge in [0, 0.05) is 26.2 Å². The number of hydrogen-bond donors (Lipinski definition) is 0. The van der Waals surface area contributed by atoms with E-state index in [0.717, 1.165) is 0 Å². The molecule has 1 aromatic carbocycles. The van der Waals surface area contributed by atoms with Crippen LogP contribution in [0.25, 0.3) is 0 Å². The van der Waals surface area contributed by atoms with E-state index in [4.69, 9.17) is 0 Å². The van der Waals surface area contributed by atoms with Gasteiger partial charge in [-0.2, -0.15) is 4.31 Å². The highest BCUT2D eigenvalue weighted by Crippen LogP contribution is 2.10. The molecule has 0 N–H and O–H groups in total. The van der Waals surface area contributed by atoms with E-state index in [1.54, 1.807) is 6.07 Å². The van der Waals surface area contributed by atoms with Crippen LogP contribution in [0.4, 0.5) is 4.39 Å². The molecular formula is C13H17FN2O3S. The summed E-state index contributed by atoms with van der Waals surface area (Å²) >= 11 is 0. The lowest BCUT2D eigenvalue weighted by molar-refractivity contribution is 0.0898. The SMILES string of the molecule is CS(=O)(=O)N1CCN(CC(=O)c2ccccc2F)CC1. The second kappa shape index (κ2) is 5.99. The van der Waals surface area contributed by atoms with Gasteiger partial charge in [0.25, 0.3) is 0 Å². The van der Waals surface area contributed by atoms with Gasteiger partial charge in [0.05, 0.1) is 18.4 Å². The van der Waals surface area contributed by atoms with Crippen molar-refractivity contribution >= 4 is 15.8 Å². The average Bonchev–Trinajstić information content (AvgIpc) is 2.38. The van der Waals surface area contributed by atoms with Crippen molar-refractivity contribution in [3.8, 4) is 0 Å². The summed E-state index contributed by atoms with van der Waals surface area (Å²) in [6, 6.07) is 5.88. The van der Waals surface area contributed by atoms with Crippen molar-refractivity contribution in [1.29, 1.82) is 0 Å². The minimum absolute atomic E-state index is 0.0815. The first kappa shape index (κ1) is 15.1. The Bertz CT molecular complexity index is 595. The summed E-state index contributed by atoms with van der Waals surface area (Å²) in [5.74, 6) is -0.803. The zero-order valence-electron chi connectivity index (χ0n) is 11.3. The molecule has 2 rings (SSSR count). The Morgan fingerprint density at radius 3 is 2.35 bits per heavy atom. The highest BCUT2D eigenvalue weighted by atomic mass is 32.2. The number of benzene rings is 1. The van der Waals surface area contributed by atoms with Crippen LogP contribution in [0.15, 0.2) is 24.3 Å². The van der Waals surface area contributed by atoms with E-state index in [1.165, 1.54) is 28.8 Å². The van der Waals surface area contributed by atoms with Crippen LogP contribution < -0.4 is 0 Å². The molecule has 1 saturated heterocycles. The van der Waals surface area contributed by atoms with Gasteiger partial charge in [-0.3, -0.25) is 9.69 Å². The van der Waals surface area contributed by atoms with Crippen LogP contribution in [-0.2, 0) is 10.0 Å². The fourth-order valence-electron chi connectivity index (χ4n) is 2.19. The van der Waals surface area contributed by atoms with Crippen molar-refractivity contribution in [3.63, 3.8) is 0 Å². The van der Waals surface area contributed by atoms with Gasteiger partial charge in [0.2, 0.25) is 10.0 Å². The molecule has 0 atom stereocenters. The Balaban J connectivity index is 1.93. The zero-order chi connectivity index (χ0) is 14.8. The van der Waals surface area contributed by atoms with Crippen LogP contribution in [0.1, 0.15) is 10.4 Å². The van der Waals surface area contributed by atoms with Crippen molar-refractivity contribution in [3.05, 3.63) is 35.6 Å². The molecule has 1 heterocycles. The normalized spacial score (nSPS) is 18.1. The number of carbonyl (C=O) groups excluding carboxylic acids is 1. The molecule has 1 aromatic rings. The third-order valence-corrected chi connectivity index (χ3v) is 4.64. The summed E-state index contributed by atoms with van der Waals surface area (Å²) in [7, 11) is -3.17. The van der Waals surface area contributed by atoms with Crippen LogP contribution in [0.2, 0.25) is 0 Å². The standard InChI is InChI=1S/C13H17FN2O3S/c1-20(18,19)16-8-6-15(7-9-16)10-13(17)11-4-2-3-5-12(11)14/h2-5H,6-10H2,1H3. The second-order valence-electron chi connectivity index (χ2n) is 4.84. The van der Waals surface area contributed by atoms with Crippen LogP contribution in [0.3, 0.4) is 0 Å².